The zero-order valence-corrected chi connectivity index (χ0v) is 19.8. The minimum atomic E-state index is -0.758. The van der Waals surface area contributed by atoms with Crippen molar-refractivity contribution < 1.29 is 29.0 Å². The van der Waals surface area contributed by atoms with Crippen LogP contribution in [0.15, 0.2) is 12.2 Å². The Labute approximate surface area is 184 Å². The fourth-order valence-corrected chi connectivity index (χ4v) is 5.25. The summed E-state index contributed by atoms with van der Waals surface area (Å²) < 4.78 is 17.7. The van der Waals surface area contributed by atoms with E-state index in [1.807, 2.05) is 6.92 Å². The molecule has 5 unspecified atom stereocenters. The Kier molecular flexibility index (Phi) is 11.3. The highest BCUT2D eigenvalue weighted by Gasteiger charge is 2.44. The standard InChI is InChI=1S/C23H41O6P/c1-3-4-7-11-23(27-13-14-28-23)12-10-19-18(20(24)16-21(19)29-30)9-6-5-8-17(2)15-22(25)26/h5-6,17-21,24H,3-4,7-16,30H2,1-2H3,(H,25,26)/b6-5-/t17?,18?,19-,20?,21?/m1/s1. The van der Waals surface area contributed by atoms with E-state index in [9.17, 15) is 9.90 Å². The molecule has 1 saturated carbocycles. The minimum absolute atomic E-state index is 0.0171. The van der Waals surface area contributed by atoms with E-state index in [1.54, 1.807) is 0 Å². The summed E-state index contributed by atoms with van der Waals surface area (Å²) in [7, 11) is 2.37. The van der Waals surface area contributed by atoms with Gasteiger partial charge in [0.15, 0.2) is 5.79 Å². The number of aliphatic carboxylic acids is 1. The van der Waals surface area contributed by atoms with Crippen molar-refractivity contribution in [3.63, 3.8) is 0 Å². The molecule has 2 N–H and O–H groups in total. The van der Waals surface area contributed by atoms with Gasteiger partial charge in [-0.1, -0.05) is 38.8 Å². The summed E-state index contributed by atoms with van der Waals surface area (Å²) in [5.41, 5.74) is 0. The van der Waals surface area contributed by atoms with E-state index >= 15 is 0 Å². The minimum Gasteiger partial charge on any atom is -0.481 e. The maximum Gasteiger partial charge on any atom is 0.303 e. The van der Waals surface area contributed by atoms with E-state index in [-0.39, 0.29) is 36.4 Å². The molecule has 1 aliphatic heterocycles. The lowest BCUT2D eigenvalue weighted by Gasteiger charge is -2.31. The molecule has 2 rings (SSSR count). The summed E-state index contributed by atoms with van der Waals surface area (Å²) in [4.78, 5) is 10.8. The fourth-order valence-electron chi connectivity index (χ4n) is 4.94. The van der Waals surface area contributed by atoms with E-state index < -0.39 is 11.8 Å². The van der Waals surface area contributed by atoms with Crippen LogP contribution < -0.4 is 0 Å². The molecule has 0 aromatic carbocycles. The normalized spacial score (nSPS) is 29.6. The van der Waals surface area contributed by atoms with Crippen LogP contribution in [-0.2, 0) is 18.8 Å². The summed E-state index contributed by atoms with van der Waals surface area (Å²) in [5, 5.41) is 19.5. The number of hydrogen-bond acceptors (Lipinski definition) is 5. The maximum atomic E-state index is 10.8. The summed E-state index contributed by atoms with van der Waals surface area (Å²) in [6, 6.07) is 0. The van der Waals surface area contributed by atoms with Crippen molar-refractivity contribution >= 4 is 15.4 Å². The Morgan fingerprint density at radius 2 is 1.97 bits per heavy atom. The average Bonchev–Trinajstić information content (AvgIpc) is 3.28. The molecular formula is C23H41O6P. The number of carbonyl (C=O) groups is 1. The molecule has 0 bridgehead atoms. The van der Waals surface area contributed by atoms with Crippen molar-refractivity contribution in [2.75, 3.05) is 13.2 Å². The second kappa shape index (κ2) is 13.1. The Bertz CT molecular complexity index is 534. The van der Waals surface area contributed by atoms with Gasteiger partial charge in [0.25, 0.3) is 0 Å². The van der Waals surface area contributed by atoms with Gasteiger partial charge in [0.1, 0.15) is 0 Å². The molecule has 0 amide bonds. The molecule has 2 aliphatic rings. The van der Waals surface area contributed by atoms with Crippen molar-refractivity contribution in [1.29, 1.82) is 0 Å². The highest BCUT2D eigenvalue weighted by molar-refractivity contribution is 7.09. The topological polar surface area (TPSA) is 85.2 Å². The first kappa shape index (κ1) is 25.7. The number of carboxylic acid groups (broad SMARTS) is 1. The van der Waals surface area contributed by atoms with Gasteiger partial charge in [-0.05, 0) is 43.4 Å². The van der Waals surface area contributed by atoms with Gasteiger partial charge in [-0.15, -0.1) is 0 Å². The van der Waals surface area contributed by atoms with Gasteiger partial charge in [-0.25, -0.2) is 0 Å². The first-order chi connectivity index (χ1) is 14.4. The predicted molar refractivity (Wildman–Crippen MR) is 120 cm³/mol. The predicted octanol–water partition coefficient (Wildman–Crippen LogP) is 4.71. The number of aliphatic hydroxyl groups is 1. The molecular weight excluding hydrogens is 403 g/mol. The Balaban J connectivity index is 1.92. The van der Waals surface area contributed by atoms with Crippen LogP contribution in [0.1, 0.15) is 78.1 Å². The summed E-state index contributed by atoms with van der Waals surface area (Å²) in [6.07, 6.45) is 12.3. The molecule has 0 aromatic heterocycles. The molecule has 1 saturated heterocycles. The molecule has 0 aromatic rings. The highest BCUT2D eigenvalue weighted by Crippen LogP contribution is 2.43. The van der Waals surface area contributed by atoms with E-state index in [4.69, 9.17) is 19.1 Å². The van der Waals surface area contributed by atoms with Crippen LogP contribution in [0.2, 0.25) is 0 Å². The smallest absolute Gasteiger partial charge is 0.303 e. The van der Waals surface area contributed by atoms with E-state index in [2.05, 4.69) is 28.5 Å². The van der Waals surface area contributed by atoms with Gasteiger partial charge in [-0.2, -0.15) is 0 Å². The number of rotatable bonds is 14. The molecule has 7 heteroatoms. The van der Waals surface area contributed by atoms with E-state index in [1.165, 1.54) is 12.8 Å². The average molecular weight is 445 g/mol. The van der Waals surface area contributed by atoms with Crippen LogP contribution >= 0.6 is 9.47 Å². The zero-order chi connectivity index (χ0) is 22.0. The number of ether oxygens (including phenoxy) is 2. The molecule has 0 radical (unpaired) electrons. The van der Waals surface area contributed by atoms with Crippen LogP contribution in [0, 0.1) is 17.8 Å². The van der Waals surface area contributed by atoms with Crippen molar-refractivity contribution in [3.05, 3.63) is 12.2 Å². The van der Waals surface area contributed by atoms with Gasteiger partial charge in [0.05, 0.1) is 25.4 Å². The van der Waals surface area contributed by atoms with Crippen molar-refractivity contribution in [1.82, 2.24) is 0 Å². The molecule has 0 spiro atoms. The molecule has 30 heavy (non-hydrogen) atoms. The molecule has 2 fully saturated rings. The lowest BCUT2D eigenvalue weighted by atomic mass is 9.85. The molecule has 1 aliphatic carbocycles. The van der Waals surface area contributed by atoms with Gasteiger partial charge in [0.2, 0.25) is 0 Å². The highest BCUT2D eigenvalue weighted by atomic mass is 31.0. The summed E-state index contributed by atoms with van der Waals surface area (Å²) in [5.74, 6) is -0.733. The van der Waals surface area contributed by atoms with Crippen LogP contribution in [0.3, 0.4) is 0 Å². The molecule has 1 heterocycles. The SMILES string of the molecule is CCCCCC1(CC[C@H]2C(OP)CC(O)C2C/C=C\CC(C)CC(=O)O)OCCO1. The van der Waals surface area contributed by atoms with Gasteiger partial charge in [-0.3, -0.25) is 4.79 Å². The number of unbranched alkanes of at least 4 members (excludes halogenated alkanes) is 2. The van der Waals surface area contributed by atoms with Gasteiger partial charge >= 0.3 is 5.97 Å². The quantitative estimate of drug-likeness (QED) is 0.229. The van der Waals surface area contributed by atoms with E-state index in [0.29, 0.717) is 19.6 Å². The first-order valence-corrected chi connectivity index (χ1v) is 12.1. The van der Waals surface area contributed by atoms with Crippen LogP contribution in [0.5, 0.6) is 0 Å². The lowest BCUT2D eigenvalue weighted by molar-refractivity contribution is -0.171. The van der Waals surface area contributed by atoms with E-state index in [0.717, 1.165) is 38.5 Å². The summed E-state index contributed by atoms with van der Waals surface area (Å²) in [6.45, 7) is 5.46. The van der Waals surface area contributed by atoms with Crippen molar-refractivity contribution in [2.24, 2.45) is 17.8 Å². The van der Waals surface area contributed by atoms with Crippen molar-refractivity contribution in [2.45, 2.75) is 96.1 Å². The third-order valence-electron chi connectivity index (χ3n) is 6.64. The van der Waals surface area contributed by atoms with Crippen molar-refractivity contribution in [3.8, 4) is 0 Å². The number of carboxylic acids is 1. The Morgan fingerprint density at radius 1 is 1.23 bits per heavy atom. The molecule has 174 valence electrons. The molecule has 6 nitrogen and oxygen atoms in total. The number of hydrogen-bond donors (Lipinski definition) is 2. The second-order valence-corrected chi connectivity index (χ2v) is 9.33. The monoisotopic (exact) mass is 444 g/mol. The summed E-state index contributed by atoms with van der Waals surface area (Å²) >= 11 is 0. The third kappa shape index (κ3) is 7.87. The second-order valence-electron chi connectivity index (χ2n) is 9.05. The number of aliphatic hydroxyl groups excluding tert-OH is 1. The van der Waals surface area contributed by atoms with Gasteiger partial charge in [0, 0.05) is 35.2 Å². The third-order valence-corrected chi connectivity index (χ3v) is 6.99. The Hall–Kier alpha value is -0.520. The zero-order valence-electron chi connectivity index (χ0n) is 18.6. The first-order valence-electron chi connectivity index (χ1n) is 11.6. The maximum absolute atomic E-state index is 10.8. The largest absolute Gasteiger partial charge is 0.481 e. The Morgan fingerprint density at radius 3 is 2.60 bits per heavy atom. The van der Waals surface area contributed by atoms with Crippen LogP contribution in [-0.4, -0.2) is 47.4 Å². The van der Waals surface area contributed by atoms with Gasteiger partial charge < -0.3 is 24.2 Å². The number of allylic oxidation sites excluding steroid dienone is 2. The van der Waals surface area contributed by atoms with Crippen LogP contribution in [0.4, 0.5) is 0 Å². The molecule has 6 atom stereocenters. The van der Waals surface area contributed by atoms with Crippen LogP contribution in [0.25, 0.3) is 0 Å². The fraction of sp³-hybridized carbons (Fsp3) is 0.870. The lowest BCUT2D eigenvalue weighted by Crippen LogP contribution is -2.33.